The number of hydrogen-bond acceptors (Lipinski definition) is 6. The predicted molar refractivity (Wildman–Crippen MR) is 124 cm³/mol. The SMILES string of the molecule is Cc1nc2ccc(-c3cnn(C)c3)cn2c1-c1nc(-c2ccccc2)c(-c2ncn[nH]2)s1. The maximum absolute atomic E-state index is 5.05. The van der Waals surface area contributed by atoms with Crippen molar-refractivity contribution in [3.05, 3.63) is 73.1 Å². The number of nitrogens with one attached hydrogen (secondary N) is 1. The second-order valence-corrected chi connectivity index (χ2v) is 8.49. The number of fused-ring (bicyclic) bond motifs is 1. The highest BCUT2D eigenvalue weighted by atomic mass is 32.1. The molecule has 1 aromatic carbocycles. The Bertz CT molecular complexity index is 1540. The van der Waals surface area contributed by atoms with E-state index in [1.807, 2.05) is 50.6 Å². The Balaban J connectivity index is 1.57. The van der Waals surface area contributed by atoms with E-state index in [-0.39, 0.29) is 0 Å². The summed E-state index contributed by atoms with van der Waals surface area (Å²) in [7, 11) is 1.92. The zero-order valence-corrected chi connectivity index (χ0v) is 18.2. The molecule has 0 aliphatic heterocycles. The van der Waals surface area contributed by atoms with E-state index in [0.29, 0.717) is 5.82 Å². The molecule has 0 saturated carbocycles. The molecule has 5 aromatic heterocycles. The quantitative estimate of drug-likeness (QED) is 0.434. The van der Waals surface area contributed by atoms with Gasteiger partial charge in [0.05, 0.1) is 22.5 Å². The van der Waals surface area contributed by atoms with Crippen molar-refractivity contribution in [2.75, 3.05) is 0 Å². The lowest BCUT2D eigenvalue weighted by atomic mass is 10.1. The van der Waals surface area contributed by atoms with Crippen molar-refractivity contribution in [1.82, 2.24) is 39.3 Å². The van der Waals surface area contributed by atoms with Crippen molar-refractivity contribution in [2.45, 2.75) is 6.92 Å². The highest BCUT2D eigenvalue weighted by molar-refractivity contribution is 7.18. The van der Waals surface area contributed by atoms with Crippen LogP contribution >= 0.6 is 11.3 Å². The summed E-state index contributed by atoms with van der Waals surface area (Å²) in [6, 6.07) is 14.2. The van der Waals surface area contributed by atoms with Crippen molar-refractivity contribution >= 4 is 17.0 Å². The van der Waals surface area contributed by atoms with Gasteiger partial charge in [-0.3, -0.25) is 14.2 Å². The third kappa shape index (κ3) is 3.02. The first-order valence-corrected chi connectivity index (χ1v) is 10.9. The Morgan fingerprint density at radius 1 is 0.938 bits per heavy atom. The molecule has 0 bridgehead atoms. The topological polar surface area (TPSA) is 89.6 Å². The van der Waals surface area contributed by atoms with Crippen LogP contribution in [0.25, 0.3) is 49.4 Å². The Kier molecular flexibility index (Phi) is 4.22. The van der Waals surface area contributed by atoms with Crippen LogP contribution in [0.2, 0.25) is 0 Å². The minimum atomic E-state index is 0.704. The molecule has 0 amide bonds. The molecule has 0 radical (unpaired) electrons. The summed E-state index contributed by atoms with van der Waals surface area (Å²) in [5.74, 6) is 0.704. The lowest BCUT2D eigenvalue weighted by Gasteiger charge is -2.03. The summed E-state index contributed by atoms with van der Waals surface area (Å²) in [4.78, 5) is 15.2. The molecule has 0 saturated heterocycles. The van der Waals surface area contributed by atoms with Gasteiger partial charge < -0.3 is 0 Å². The van der Waals surface area contributed by atoms with Crippen molar-refractivity contribution in [1.29, 1.82) is 0 Å². The van der Waals surface area contributed by atoms with Gasteiger partial charge in [-0.1, -0.05) is 30.3 Å². The van der Waals surface area contributed by atoms with Crippen LogP contribution in [0.15, 0.2) is 67.4 Å². The van der Waals surface area contributed by atoms with E-state index in [0.717, 1.165) is 49.3 Å². The number of nitrogens with zero attached hydrogens (tertiary/aromatic N) is 7. The predicted octanol–water partition coefficient (Wildman–Crippen LogP) is 4.62. The number of pyridine rings is 1. The first-order chi connectivity index (χ1) is 15.7. The van der Waals surface area contributed by atoms with Crippen LogP contribution in [0.5, 0.6) is 0 Å². The Morgan fingerprint density at radius 3 is 2.56 bits per heavy atom. The van der Waals surface area contributed by atoms with Gasteiger partial charge in [-0.25, -0.2) is 15.0 Å². The highest BCUT2D eigenvalue weighted by Gasteiger charge is 2.22. The summed E-state index contributed by atoms with van der Waals surface area (Å²) in [6.45, 7) is 2.02. The number of H-pyrrole nitrogens is 1. The standard InChI is InChI=1S/C23H18N8S/c1-14-20(31-12-16(8-9-18(31)27-14)17-10-26-30(2)11-17)23-28-19(15-6-4-3-5-7-15)21(32-23)22-24-13-25-29-22/h3-13H,1-2H3,(H,24,25,29). The average molecular weight is 439 g/mol. The molecule has 0 spiro atoms. The van der Waals surface area contributed by atoms with Gasteiger partial charge in [0, 0.05) is 36.1 Å². The molecule has 32 heavy (non-hydrogen) atoms. The number of thiazole rings is 1. The lowest BCUT2D eigenvalue weighted by molar-refractivity contribution is 0.768. The molecule has 9 heteroatoms. The lowest BCUT2D eigenvalue weighted by Crippen LogP contribution is -1.91. The van der Waals surface area contributed by atoms with E-state index in [2.05, 4.69) is 49.1 Å². The van der Waals surface area contributed by atoms with Crippen molar-refractivity contribution in [3.63, 3.8) is 0 Å². The molecule has 6 aromatic rings. The Hall–Kier alpha value is -4.11. The number of imidazole rings is 1. The maximum Gasteiger partial charge on any atom is 0.167 e. The second kappa shape index (κ2) is 7.24. The van der Waals surface area contributed by atoms with E-state index >= 15 is 0 Å². The first-order valence-electron chi connectivity index (χ1n) is 10.1. The number of aromatic nitrogens is 8. The third-order valence-corrected chi connectivity index (χ3v) is 6.41. The molecule has 0 unspecified atom stereocenters. The fourth-order valence-corrected chi connectivity index (χ4v) is 4.98. The first kappa shape index (κ1) is 18.6. The van der Waals surface area contributed by atoms with Crippen LogP contribution in [-0.4, -0.2) is 39.3 Å². The van der Waals surface area contributed by atoms with Crippen LogP contribution in [0.4, 0.5) is 0 Å². The highest BCUT2D eigenvalue weighted by Crippen LogP contribution is 2.40. The van der Waals surface area contributed by atoms with Crippen LogP contribution in [-0.2, 0) is 7.05 Å². The van der Waals surface area contributed by atoms with Crippen LogP contribution in [0, 0.1) is 6.92 Å². The molecule has 6 rings (SSSR count). The summed E-state index contributed by atoms with van der Waals surface area (Å²) in [5, 5.41) is 12.2. The van der Waals surface area contributed by atoms with Crippen LogP contribution in [0.1, 0.15) is 5.69 Å². The molecule has 0 aliphatic carbocycles. The number of benzene rings is 1. The monoisotopic (exact) mass is 438 g/mol. The zero-order chi connectivity index (χ0) is 21.7. The summed E-state index contributed by atoms with van der Waals surface area (Å²) < 4.78 is 3.91. The van der Waals surface area contributed by atoms with Gasteiger partial charge in [-0.05, 0) is 19.1 Å². The molecule has 0 aliphatic rings. The fraction of sp³-hybridized carbons (Fsp3) is 0.0870. The van der Waals surface area contributed by atoms with Gasteiger partial charge in [-0.15, -0.1) is 11.3 Å². The molecule has 5 heterocycles. The van der Waals surface area contributed by atoms with Gasteiger partial charge >= 0.3 is 0 Å². The minimum Gasteiger partial charge on any atom is -0.297 e. The molecular formula is C23H18N8S. The third-order valence-electron chi connectivity index (χ3n) is 5.34. The van der Waals surface area contributed by atoms with Crippen molar-refractivity contribution in [2.24, 2.45) is 7.05 Å². The van der Waals surface area contributed by atoms with E-state index in [4.69, 9.17) is 9.97 Å². The van der Waals surface area contributed by atoms with E-state index in [9.17, 15) is 0 Å². The Labute approximate surface area is 187 Å². The number of aromatic amines is 1. The molecular weight excluding hydrogens is 420 g/mol. The van der Waals surface area contributed by atoms with Crippen molar-refractivity contribution in [3.8, 4) is 43.8 Å². The smallest absolute Gasteiger partial charge is 0.167 e. The van der Waals surface area contributed by atoms with Crippen LogP contribution < -0.4 is 0 Å². The molecule has 8 nitrogen and oxygen atoms in total. The van der Waals surface area contributed by atoms with Gasteiger partial charge in [0.15, 0.2) is 5.82 Å². The largest absolute Gasteiger partial charge is 0.297 e. The van der Waals surface area contributed by atoms with E-state index in [1.165, 1.54) is 6.33 Å². The number of hydrogen-bond donors (Lipinski definition) is 1. The normalized spacial score (nSPS) is 11.4. The van der Waals surface area contributed by atoms with Gasteiger partial charge in [0.2, 0.25) is 0 Å². The van der Waals surface area contributed by atoms with Gasteiger partial charge in [0.1, 0.15) is 22.7 Å². The van der Waals surface area contributed by atoms with Crippen LogP contribution in [0.3, 0.4) is 0 Å². The summed E-state index contributed by atoms with van der Waals surface area (Å²) >= 11 is 1.58. The summed E-state index contributed by atoms with van der Waals surface area (Å²) in [6.07, 6.45) is 7.48. The number of aryl methyl sites for hydroxylation is 2. The average Bonchev–Trinajstić information content (AvgIpc) is 3.59. The van der Waals surface area contributed by atoms with E-state index < -0.39 is 0 Å². The fourth-order valence-electron chi connectivity index (χ4n) is 3.85. The van der Waals surface area contributed by atoms with Gasteiger partial charge in [-0.2, -0.15) is 10.2 Å². The van der Waals surface area contributed by atoms with E-state index in [1.54, 1.807) is 16.0 Å². The molecule has 156 valence electrons. The second-order valence-electron chi connectivity index (χ2n) is 7.49. The van der Waals surface area contributed by atoms with Crippen molar-refractivity contribution < 1.29 is 0 Å². The Morgan fingerprint density at radius 2 is 1.81 bits per heavy atom. The number of rotatable bonds is 4. The minimum absolute atomic E-state index is 0.704. The molecule has 0 fully saturated rings. The zero-order valence-electron chi connectivity index (χ0n) is 17.4. The maximum atomic E-state index is 5.05. The van der Waals surface area contributed by atoms with Gasteiger partial charge in [0.25, 0.3) is 0 Å². The summed E-state index contributed by atoms with van der Waals surface area (Å²) in [5.41, 5.74) is 6.80. The molecule has 0 atom stereocenters. The molecule has 1 N–H and O–H groups in total.